The number of aromatic amines is 1. The largest absolute Gasteiger partial charge is 0.336 e. The van der Waals surface area contributed by atoms with Crippen molar-refractivity contribution in [2.45, 2.75) is 39.8 Å². The van der Waals surface area contributed by atoms with Crippen molar-refractivity contribution in [3.63, 3.8) is 0 Å². The van der Waals surface area contributed by atoms with Crippen molar-refractivity contribution < 1.29 is 0 Å². The van der Waals surface area contributed by atoms with E-state index in [0.29, 0.717) is 12.1 Å². The quantitative estimate of drug-likeness (QED) is 0.889. The fourth-order valence-corrected chi connectivity index (χ4v) is 3.18. The Balaban J connectivity index is 1.90. The van der Waals surface area contributed by atoms with Gasteiger partial charge in [0.2, 0.25) is 5.95 Å². The Labute approximate surface area is 125 Å². The van der Waals surface area contributed by atoms with E-state index in [1.165, 1.54) is 11.1 Å². The van der Waals surface area contributed by atoms with E-state index < -0.39 is 0 Å². The average Bonchev–Trinajstić information content (AvgIpc) is 2.87. The van der Waals surface area contributed by atoms with Crippen LogP contribution in [-0.4, -0.2) is 40.4 Å². The first-order valence-corrected chi connectivity index (χ1v) is 7.54. The van der Waals surface area contributed by atoms with Gasteiger partial charge in [0, 0.05) is 30.7 Å². The summed E-state index contributed by atoms with van der Waals surface area (Å²) >= 11 is 0. The highest BCUT2D eigenvalue weighted by Gasteiger charge is 2.24. The molecule has 2 atom stereocenters. The van der Waals surface area contributed by atoms with Crippen LogP contribution in [0.15, 0.2) is 18.2 Å². The number of nitrogens with zero attached hydrogens (tertiary/aromatic N) is 3. The van der Waals surface area contributed by atoms with Gasteiger partial charge in [-0.15, -0.1) is 5.10 Å². The monoisotopic (exact) mass is 285 g/mol. The number of nitrogens with one attached hydrogen (secondary N) is 2. The normalized spacial score (nSPS) is 22.6. The molecule has 2 N–H and O–H groups in total. The number of aromatic nitrogens is 3. The second kappa shape index (κ2) is 5.48. The zero-order chi connectivity index (χ0) is 15.0. The van der Waals surface area contributed by atoms with Crippen LogP contribution in [-0.2, 0) is 0 Å². The Morgan fingerprint density at radius 3 is 2.33 bits per heavy atom. The topological polar surface area (TPSA) is 56.8 Å². The molecule has 0 spiro atoms. The zero-order valence-corrected chi connectivity index (χ0v) is 13.1. The molecule has 5 nitrogen and oxygen atoms in total. The van der Waals surface area contributed by atoms with E-state index in [4.69, 9.17) is 4.98 Å². The maximum Gasteiger partial charge on any atom is 0.245 e. The molecule has 1 aliphatic rings. The third kappa shape index (κ3) is 2.78. The van der Waals surface area contributed by atoms with Gasteiger partial charge in [-0.2, -0.15) is 4.98 Å². The third-order valence-corrected chi connectivity index (χ3v) is 4.03. The number of aryl methyl sites for hydroxylation is 2. The predicted molar refractivity (Wildman–Crippen MR) is 85.6 cm³/mol. The fraction of sp³-hybridized carbons (Fsp3) is 0.500. The first-order chi connectivity index (χ1) is 10.0. The highest BCUT2D eigenvalue weighted by atomic mass is 15.4. The van der Waals surface area contributed by atoms with Crippen LogP contribution >= 0.6 is 0 Å². The van der Waals surface area contributed by atoms with Crippen LogP contribution in [0.5, 0.6) is 0 Å². The van der Waals surface area contributed by atoms with Crippen LogP contribution in [0.1, 0.15) is 25.0 Å². The molecule has 1 aromatic heterocycles. The summed E-state index contributed by atoms with van der Waals surface area (Å²) in [7, 11) is 0. The van der Waals surface area contributed by atoms with Crippen LogP contribution in [0, 0.1) is 13.8 Å². The van der Waals surface area contributed by atoms with Crippen LogP contribution in [0.4, 0.5) is 5.95 Å². The van der Waals surface area contributed by atoms with Crippen molar-refractivity contribution in [1.82, 2.24) is 20.5 Å². The Morgan fingerprint density at radius 2 is 1.71 bits per heavy atom. The molecule has 1 fully saturated rings. The minimum absolute atomic E-state index is 0.455. The van der Waals surface area contributed by atoms with Crippen molar-refractivity contribution in [1.29, 1.82) is 0 Å². The summed E-state index contributed by atoms with van der Waals surface area (Å²) in [5.41, 5.74) is 3.60. The first kappa shape index (κ1) is 14.1. The van der Waals surface area contributed by atoms with Crippen LogP contribution in [0.3, 0.4) is 0 Å². The summed E-state index contributed by atoms with van der Waals surface area (Å²) in [6.07, 6.45) is 0. The molecule has 5 heteroatoms. The Morgan fingerprint density at radius 1 is 1.10 bits per heavy atom. The van der Waals surface area contributed by atoms with Crippen molar-refractivity contribution in [3.05, 3.63) is 29.3 Å². The highest BCUT2D eigenvalue weighted by molar-refractivity contribution is 5.65. The van der Waals surface area contributed by atoms with E-state index in [1.54, 1.807) is 0 Å². The molecular weight excluding hydrogens is 262 g/mol. The second-order valence-corrected chi connectivity index (χ2v) is 6.12. The summed E-state index contributed by atoms with van der Waals surface area (Å²) in [6, 6.07) is 7.20. The molecular formula is C16H23N5. The van der Waals surface area contributed by atoms with Crippen molar-refractivity contribution in [2.75, 3.05) is 18.0 Å². The van der Waals surface area contributed by atoms with Crippen molar-refractivity contribution in [2.24, 2.45) is 0 Å². The molecule has 1 aliphatic heterocycles. The lowest BCUT2D eigenvalue weighted by atomic mass is 10.0. The summed E-state index contributed by atoms with van der Waals surface area (Å²) in [5.74, 6) is 1.66. The summed E-state index contributed by atoms with van der Waals surface area (Å²) in [4.78, 5) is 6.98. The molecule has 0 amide bonds. The number of rotatable bonds is 2. The van der Waals surface area contributed by atoms with Gasteiger partial charge in [-0.1, -0.05) is 18.2 Å². The zero-order valence-electron chi connectivity index (χ0n) is 13.1. The SMILES string of the molecule is Cc1cccc(C)c1-c1nc(N2CC(C)NC(C)C2)n[nH]1. The molecule has 2 aromatic rings. The number of H-pyrrole nitrogens is 1. The molecule has 0 bridgehead atoms. The number of benzene rings is 1. The van der Waals surface area contributed by atoms with Gasteiger partial charge in [0.05, 0.1) is 0 Å². The van der Waals surface area contributed by atoms with Gasteiger partial charge < -0.3 is 10.2 Å². The molecule has 1 aromatic carbocycles. The molecule has 2 heterocycles. The van der Waals surface area contributed by atoms with Gasteiger partial charge in [-0.3, -0.25) is 5.10 Å². The van der Waals surface area contributed by atoms with E-state index in [1.807, 2.05) is 0 Å². The maximum atomic E-state index is 4.73. The average molecular weight is 285 g/mol. The predicted octanol–water partition coefficient (Wildman–Crippen LogP) is 2.28. The Kier molecular flexibility index (Phi) is 3.68. The van der Waals surface area contributed by atoms with Crippen molar-refractivity contribution >= 4 is 5.95 Å². The minimum Gasteiger partial charge on any atom is -0.336 e. The van der Waals surface area contributed by atoms with Gasteiger partial charge in [0.25, 0.3) is 0 Å². The number of piperazine rings is 1. The van der Waals surface area contributed by atoms with Gasteiger partial charge >= 0.3 is 0 Å². The lowest BCUT2D eigenvalue weighted by molar-refractivity contribution is 0.403. The van der Waals surface area contributed by atoms with E-state index in [2.05, 4.69) is 66.3 Å². The number of hydrogen-bond donors (Lipinski definition) is 2. The van der Waals surface area contributed by atoms with E-state index >= 15 is 0 Å². The van der Waals surface area contributed by atoms with Crippen LogP contribution in [0.2, 0.25) is 0 Å². The van der Waals surface area contributed by atoms with E-state index in [9.17, 15) is 0 Å². The highest BCUT2D eigenvalue weighted by Crippen LogP contribution is 2.25. The smallest absolute Gasteiger partial charge is 0.245 e. The molecule has 112 valence electrons. The summed E-state index contributed by atoms with van der Waals surface area (Å²) < 4.78 is 0. The fourth-order valence-electron chi connectivity index (χ4n) is 3.18. The van der Waals surface area contributed by atoms with Crippen LogP contribution < -0.4 is 10.2 Å². The summed E-state index contributed by atoms with van der Waals surface area (Å²) in [6.45, 7) is 10.5. The molecule has 0 radical (unpaired) electrons. The Hall–Kier alpha value is -1.88. The molecule has 2 unspecified atom stereocenters. The first-order valence-electron chi connectivity index (χ1n) is 7.54. The van der Waals surface area contributed by atoms with E-state index in [0.717, 1.165) is 30.4 Å². The second-order valence-electron chi connectivity index (χ2n) is 6.12. The number of anilines is 1. The molecule has 3 rings (SSSR count). The van der Waals surface area contributed by atoms with Gasteiger partial charge in [-0.25, -0.2) is 0 Å². The third-order valence-electron chi connectivity index (χ3n) is 4.03. The van der Waals surface area contributed by atoms with Gasteiger partial charge in [0.1, 0.15) is 0 Å². The molecule has 0 saturated carbocycles. The van der Waals surface area contributed by atoms with Gasteiger partial charge in [0.15, 0.2) is 5.82 Å². The summed E-state index contributed by atoms with van der Waals surface area (Å²) in [5, 5.41) is 11.1. The maximum absolute atomic E-state index is 4.73. The van der Waals surface area contributed by atoms with E-state index in [-0.39, 0.29) is 0 Å². The molecule has 21 heavy (non-hydrogen) atoms. The standard InChI is InChI=1S/C16H23N5/c1-10-6-5-7-11(2)14(10)15-18-16(20-19-15)21-8-12(3)17-13(4)9-21/h5-7,12-13,17H,8-9H2,1-4H3,(H,18,19,20). The molecule has 0 aliphatic carbocycles. The Bertz CT molecular complexity index is 603. The molecule has 1 saturated heterocycles. The van der Waals surface area contributed by atoms with Crippen molar-refractivity contribution in [3.8, 4) is 11.4 Å². The number of hydrogen-bond acceptors (Lipinski definition) is 4. The van der Waals surface area contributed by atoms with Crippen LogP contribution in [0.25, 0.3) is 11.4 Å². The van der Waals surface area contributed by atoms with Gasteiger partial charge in [-0.05, 0) is 38.8 Å². The lowest BCUT2D eigenvalue weighted by Crippen LogP contribution is -2.54. The lowest BCUT2D eigenvalue weighted by Gasteiger charge is -2.35. The minimum atomic E-state index is 0.455.